The molecule has 0 spiro atoms. The van der Waals surface area contributed by atoms with Gasteiger partial charge in [-0.1, -0.05) is 12.1 Å². The summed E-state index contributed by atoms with van der Waals surface area (Å²) < 4.78 is 132. The van der Waals surface area contributed by atoms with Crippen molar-refractivity contribution in [2.75, 3.05) is 0 Å². The van der Waals surface area contributed by atoms with E-state index in [2.05, 4.69) is 0 Å². The number of rotatable bonds is 5. The van der Waals surface area contributed by atoms with E-state index in [9.17, 15) is 51.9 Å². The van der Waals surface area contributed by atoms with Gasteiger partial charge in [0.2, 0.25) is 0 Å². The zero-order valence-electron chi connectivity index (χ0n) is 13.8. The summed E-state index contributed by atoms with van der Waals surface area (Å²) >= 11 is 2.64. The molecule has 0 unspecified atom stereocenters. The highest BCUT2D eigenvalue weighted by Crippen LogP contribution is 2.41. The summed E-state index contributed by atoms with van der Waals surface area (Å²) in [5, 5.41) is 0. The van der Waals surface area contributed by atoms with E-state index in [4.69, 9.17) is 0 Å². The Labute approximate surface area is 198 Å². The molecule has 0 aromatic heterocycles. The lowest BCUT2D eigenvalue weighted by Gasteiger charge is -2.17. The van der Waals surface area contributed by atoms with E-state index in [1.165, 1.54) is 45.2 Å². The highest BCUT2D eigenvalue weighted by Gasteiger charge is 2.35. The molecule has 0 aliphatic carbocycles. The smallest absolute Gasteiger partial charge is 0.282 e. The third kappa shape index (κ3) is 5.12. The minimum Gasteiger partial charge on any atom is -0.282 e. The first-order valence-corrected chi connectivity index (χ1v) is 14.7. The van der Waals surface area contributed by atoms with Gasteiger partial charge in [0, 0.05) is 18.3 Å². The van der Waals surface area contributed by atoms with Gasteiger partial charge in [0.05, 0.1) is 0 Å². The molecule has 0 saturated carbocycles. The van der Waals surface area contributed by atoms with E-state index < -0.39 is 71.2 Å². The lowest BCUT2D eigenvalue weighted by molar-refractivity contribution is 0.464. The first-order chi connectivity index (χ1) is 13.3. The fourth-order valence-corrected chi connectivity index (χ4v) is 9.61. The minimum atomic E-state index is -5.47. The van der Waals surface area contributed by atoms with Crippen molar-refractivity contribution < 1.29 is 51.9 Å². The highest BCUT2D eigenvalue weighted by atomic mass is 127. The zero-order valence-corrected chi connectivity index (χ0v) is 21.3. The van der Waals surface area contributed by atoms with Crippen molar-refractivity contribution in [3.63, 3.8) is 0 Å². The third-order valence-corrected chi connectivity index (χ3v) is 10.00. The van der Waals surface area contributed by atoms with Crippen LogP contribution in [0.1, 0.15) is 0 Å². The van der Waals surface area contributed by atoms with Crippen molar-refractivity contribution in [1.29, 1.82) is 0 Å². The Morgan fingerprint density at radius 3 is 0.900 bits per heavy atom. The Hall–Kier alpha value is -0.460. The van der Waals surface area contributed by atoms with Crippen LogP contribution in [0, 0.1) is 7.14 Å². The predicted molar refractivity (Wildman–Crippen MR) is 117 cm³/mol. The van der Waals surface area contributed by atoms with Gasteiger partial charge in [-0.05, 0) is 57.3 Å². The topological polar surface area (TPSA) is 217 Å². The van der Waals surface area contributed by atoms with Crippen molar-refractivity contribution in [2.24, 2.45) is 0 Å². The van der Waals surface area contributed by atoms with E-state index in [0.29, 0.717) is 0 Å². The molecule has 2 aromatic rings. The Morgan fingerprint density at radius 1 is 0.467 bits per heavy atom. The molecule has 0 radical (unpaired) electrons. The van der Waals surface area contributed by atoms with Crippen LogP contribution >= 0.6 is 45.2 Å². The highest BCUT2D eigenvalue weighted by molar-refractivity contribution is 14.1. The molecule has 18 heteroatoms. The van der Waals surface area contributed by atoms with Gasteiger partial charge in [-0.25, -0.2) is 0 Å². The van der Waals surface area contributed by atoms with E-state index >= 15 is 0 Å². The molecule has 0 saturated heterocycles. The van der Waals surface area contributed by atoms with Crippen LogP contribution in [0.4, 0.5) is 0 Å². The van der Waals surface area contributed by atoms with E-state index in [1.54, 1.807) is 0 Å². The molecule has 12 nitrogen and oxygen atoms in total. The van der Waals surface area contributed by atoms with Crippen LogP contribution in [0.15, 0.2) is 43.8 Å². The number of halogens is 2. The second-order valence-electron chi connectivity index (χ2n) is 5.41. The minimum absolute atomic E-state index is 0.389. The van der Waals surface area contributed by atoms with Gasteiger partial charge in [-0.15, -0.1) is 0 Å². The predicted octanol–water partition coefficient (Wildman–Crippen LogP) is 1.55. The SMILES string of the molecule is O=S(=O)(O)c1c(I)ccc(-c2ccc(I)c(S(=O)(=O)O)c2S(=O)(=O)O)c1S(=O)(=O)O. The summed E-state index contributed by atoms with van der Waals surface area (Å²) in [7, 11) is -21.5. The molecule has 4 N–H and O–H groups in total. The van der Waals surface area contributed by atoms with E-state index in [0.717, 1.165) is 24.3 Å². The van der Waals surface area contributed by atoms with Crippen LogP contribution in [0.5, 0.6) is 0 Å². The molecule has 30 heavy (non-hydrogen) atoms. The molecule has 0 aliphatic rings. The van der Waals surface area contributed by atoms with Gasteiger partial charge in [0.1, 0.15) is 19.6 Å². The monoisotopic (exact) mass is 726 g/mol. The first-order valence-electron chi connectivity index (χ1n) is 6.83. The van der Waals surface area contributed by atoms with Crippen LogP contribution < -0.4 is 0 Å². The van der Waals surface area contributed by atoms with Gasteiger partial charge in [-0.3, -0.25) is 18.2 Å². The number of benzene rings is 2. The average Bonchev–Trinajstić information content (AvgIpc) is 2.50. The van der Waals surface area contributed by atoms with Crippen molar-refractivity contribution in [3.05, 3.63) is 31.4 Å². The van der Waals surface area contributed by atoms with Crippen LogP contribution in [-0.4, -0.2) is 51.9 Å². The Kier molecular flexibility index (Phi) is 7.01. The third-order valence-electron chi connectivity index (χ3n) is 3.45. The Morgan fingerprint density at radius 2 is 0.700 bits per heavy atom. The first kappa shape index (κ1) is 25.8. The van der Waals surface area contributed by atoms with Gasteiger partial charge >= 0.3 is 0 Å². The lowest BCUT2D eigenvalue weighted by Crippen LogP contribution is -2.15. The van der Waals surface area contributed by atoms with E-state index in [1.807, 2.05) is 0 Å². The van der Waals surface area contributed by atoms with Crippen molar-refractivity contribution >= 4 is 85.7 Å². The normalized spacial score (nSPS) is 13.4. The maximum atomic E-state index is 12.0. The Balaban J connectivity index is 3.32. The van der Waals surface area contributed by atoms with Crippen LogP contribution in [0.2, 0.25) is 0 Å². The molecule has 0 atom stereocenters. The second kappa shape index (κ2) is 8.15. The fourth-order valence-electron chi connectivity index (χ4n) is 2.49. The summed E-state index contributed by atoms with van der Waals surface area (Å²) in [6, 6.07) is 3.47. The molecule has 2 rings (SSSR count). The molecule has 166 valence electrons. The van der Waals surface area contributed by atoms with Crippen LogP contribution in [0.3, 0.4) is 0 Å². The molecule has 0 fully saturated rings. The summed E-state index contributed by atoms with van der Waals surface area (Å²) in [5.41, 5.74) is -1.78. The molecule has 0 amide bonds. The van der Waals surface area contributed by atoms with Crippen molar-refractivity contribution in [2.45, 2.75) is 19.6 Å². The largest absolute Gasteiger partial charge is 0.297 e. The van der Waals surface area contributed by atoms with Crippen molar-refractivity contribution in [1.82, 2.24) is 0 Å². The van der Waals surface area contributed by atoms with Crippen molar-refractivity contribution in [3.8, 4) is 11.1 Å². The van der Waals surface area contributed by atoms with Gasteiger partial charge in [0.25, 0.3) is 40.5 Å². The molecule has 0 heterocycles. The summed E-state index contributed by atoms with van der Waals surface area (Å²) in [5.74, 6) is 0. The van der Waals surface area contributed by atoms with Crippen LogP contribution in [0.25, 0.3) is 11.1 Å². The van der Waals surface area contributed by atoms with Gasteiger partial charge in [0.15, 0.2) is 0 Å². The average molecular weight is 726 g/mol. The van der Waals surface area contributed by atoms with Gasteiger partial charge in [-0.2, -0.15) is 33.7 Å². The maximum Gasteiger partial charge on any atom is 0.297 e. The Bertz CT molecular complexity index is 1380. The second-order valence-corrected chi connectivity index (χ2v) is 13.2. The summed E-state index contributed by atoms with van der Waals surface area (Å²) in [6.07, 6.45) is 0. The fraction of sp³-hybridized carbons (Fsp3) is 0. The zero-order chi connectivity index (χ0) is 23.4. The number of hydrogen-bond acceptors (Lipinski definition) is 8. The van der Waals surface area contributed by atoms with Crippen LogP contribution in [-0.2, 0) is 40.5 Å². The standard InChI is InChI=1S/C12H8I2O12S4/c13-7-3-1-5(9(27(15,16)17)11(7)29(21,22)23)6-2-4-8(14)12(30(24,25)26)10(6)28(18,19)20/h1-4H,(H,15,16,17)(H,18,19,20)(H,21,22,23)(H,24,25,26). The summed E-state index contributed by atoms with van der Waals surface area (Å²) in [4.78, 5) is -5.55. The quantitative estimate of drug-likeness (QED) is 0.255. The lowest BCUT2D eigenvalue weighted by atomic mass is 10.1. The molecular weight excluding hydrogens is 718 g/mol. The van der Waals surface area contributed by atoms with Gasteiger partial charge < -0.3 is 0 Å². The van der Waals surface area contributed by atoms with E-state index in [-0.39, 0.29) is 7.14 Å². The molecule has 2 aromatic carbocycles. The summed E-state index contributed by atoms with van der Waals surface area (Å²) in [6.45, 7) is 0. The maximum absolute atomic E-state index is 12.0. The number of hydrogen-bond donors (Lipinski definition) is 4. The molecular formula is C12H8I2O12S4. The molecule has 0 bridgehead atoms. The molecule has 0 aliphatic heterocycles.